The Morgan fingerprint density at radius 1 is 1.36 bits per heavy atom. The molecule has 1 heterocycles. The highest BCUT2D eigenvalue weighted by molar-refractivity contribution is 6.01. The van der Waals surface area contributed by atoms with Crippen molar-refractivity contribution in [1.82, 2.24) is 4.98 Å². The largest absolute Gasteiger partial charge is 0.482 e. The van der Waals surface area contributed by atoms with E-state index in [0.717, 1.165) is 22.3 Å². The van der Waals surface area contributed by atoms with Gasteiger partial charge in [-0.1, -0.05) is 18.2 Å². The fourth-order valence-corrected chi connectivity index (χ4v) is 1.56. The number of nitrogens with zero attached hydrogens (tertiary/aromatic N) is 1. The highest BCUT2D eigenvalue weighted by Crippen LogP contribution is 2.25. The van der Waals surface area contributed by atoms with Gasteiger partial charge in [-0.05, 0) is 6.07 Å². The van der Waals surface area contributed by atoms with Crippen LogP contribution in [0.3, 0.4) is 0 Å². The number of hydrogen-bond donors (Lipinski definition) is 1. The Morgan fingerprint density at radius 3 is 2.86 bits per heavy atom. The lowest BCUT2D eigenvalue weighted by molar-refractivity contribution is 0.401. The van der Waals surface area contributed by atoms with Gasteiger partial charge in [0, 0.05) is 24.2 Å². The number of fused-ring (bicyclic) bond motifs is 1. The first kappa shape index (κ1) is 8.81. The fraction of sp³-hybridized carbons (Fsp3) is 0.182. The zero-order chi connectivity index (χ0) is 9.97. The molecule has 1 N–H and O–H groups in total. The van der Waals surface area contributed by atoms with Crippen LogP contribution in [0.5, 0.6) is 5.88 Å². The van der Waals surface area contributed by atoms with Crippen molar-refractivity contribution < 1.29 is 4.74 Å². The quantitative estimate of drug-likeness (QED) is 0.721. The van der Waals surface area contributed by atoms with Gasteiger partial charge in [0.1, 0.15) is 0 Å². The summed E-state index contributed by atoms with van der Waals surface area (Å²) in [6.45, 7) is 0. The number of hydrogen-bond acceptors (Lipinski definition) is 2. The van der Waals surface area contributed by atoms with Crippen molar-refractivity contribution >= 4 is 17.1 Å². The third-order valence-corrected chi connectivity index (χ3v) is 2.17. The highest BCUT2D eigenvalue weighted by atomic mass is 16.5. The highest BCUT2D eigenvalue weighted by Gasteiger charge is 2.08. The van der Waals surface area contributed by atoms with Crippen LogP contribution < -0.4 is 4.74 Å². The van der Waals surface area contributed by atoms with E-state index < -0.39 is 0 Å². The van der Waals surface area contributed by atoms with Gasteiger partial charge in [-0.2, -0.15) is 0 Å². The van der Waals surface area contributed by atoms with Crippen LogP contribution in [0, 0.1) is 0 Å². The molecule has 0 spiro atoms. The summed E-state index contributed by atoms with van der Waals surface area (Å²) in [6.07, 6.45) is 1.80. The van der Waals surface area contributed by atoms with Crippen LogP contribution in [-0.2, 0) is 0 Å². The van der Waals surface area contributed by atoms with Crippen LogP contribution in [0.15, 0.2) is 29.3 Å². The molecule has 0 saturated heterocycles. The van der Waals surface area contributed by atoms with Gasteiger partial charge < -0.3 is 9.72 Å². The summed E-state index contributed by atoms with van der Waals surface area (Å²) in [7, 11) is 3.40. The SMILES string of the molecule is CN=Cc1c(OC)[nH]c2ccccc12. The number of rotatable bonds is 2. The van der Waals surface area contributed by atoms with Crippen molar-refractivity contribution in [3.8, 4) is 5.88 Å². The average molecular weight is 188 g/mol. The molecule has 1 aromatic heterocycles. The number of aromatic amines is 1. The van der Waals surface area contributed by atoms with E-state index in [2.05, 4.69) is 9.98 Å². The molecule has 0 amide bonds. The maximum absolute atomic E-state index is 5.24. The predicted molar refractivity (Wildman–Crippen MR) is 58.4 cm³/mol. The summed E-state index contributed by atoms with van der Waals surface area (Å²) in [6, 6.07) is 8.06. The van der Waals surface area contributed by atoms with E-state index >= 15 is 0 Å². The molecule has 0 aliphatic heterocycles. The number of aliphatic imine (C=N–C) groups is 1. The Balaban J connectivity index is 2.74. The van der Waals surface area contributed by atoms with Crippen LogP contribution in [0.2, 0.25) is 0 Å². The standard InChI is InChI=1S/C11H12N2O/c1-12-7-9-8-5-3-4-6-10(8)13-11(9)14-2/h3-7,13H,1-2H3. The first-order valence-corrected chi connectivity index (χ1v) is 4.43. The number of benzene rings is 1. The van der Waals surface area contributed by atoms with Crippen molar-refractivity contribution in [3.63, 3.8) is 0 Å². The smallest absolute Gasteiger partial charge is 0.200 e. The minimum Gasteiger partial charge on any atom is -0.482 e. The second-order valence-corrected chi connectivity index (χ2v) is 3.00. The Morgan fingerprint density at radius 2 is 2.14 bits per heavy atom. The van der Waals surface area contributed by atoms with Gasteiger partial charge >= 0.3 is 0 Å². The van der Waals surface area contributed by atoms with E-state index in [4.69, 9.17) is 4.74 Å². The van der Waals surface area contributed by atoms with E-state index in [1.54, 1.807) is 20.4 Å². The number of ether oxygens (including phenoxy) is 1. The first-order chi connectivity index (χ1) is 6.86. The molecule has 2 aromatic rings. The lowest BCUT2D eigenvalue weighted by Gasteiger charge is -1.95. The van der Waals surface area contributed by atoms with Crippen LogP contribution in [-0.4, -0.2) is 25.4 Å². The second-order valence-electron chi connectivity index (χ2n) is 3.00. The molecule has 0 aliphatic rings. The van der Waals surface area contributed by atoms with E-state index in [1.807, 2.05) is 24.3 Å². The summed E-state index contributed by atoms with van der Waals surface area (Å²) in [5, 5.41) is 1.13. The molecule has 0 saturated carbocycles. The summed E-state index contributed by atoms with van der Waals surface area (Å²) in [5.41, 5.74) is 2.07. The van der Waals surface area contributed by atoms with Crippen molar-refractivity contribution in [2.45, 2.75) is 0 Å². The van der Waals surface area contributed by atoms with E-state index in [-0.39, 0.29) is 0 Å². The Bertz CT molecular complexity index is 471. The van der Waals surface area contributed by atoms with E-state index in [0.29, 0.717) is 0 Å². The van der Waals surface area contributed by atoms with Gasteiger partial charge in [-0.25, -0.2) is 0 Å². The van der Waals surface area contributed by atoms with Crippen molar-refractivity contribution in [3.05, 3.63) is 29.8 Å². The van der Waals surface area contributed by atoms with E-state index in [9.17, 15) is 0 Å². The van der Waals surface area contributed by atoms with Crippen LogP contribution >= 0.6 is 0 Å². The lowest BCUT2D eigenvalue weighted by atomic mass is 10.2. The number of methoxy groups -OCH3 is 1. The second kappa shape index (κ2) is 3.54. The van der Waals surface area contributed by atoms with Gasteiger partial charge in [0.15, 0.2) is 0 Å². The number of aromatic nitrogens is 1. The summed E-state index contributed by atoms with van der Waals surface area (Å²) in [5.74, 6) is 0.761. The molecule has 0 unspecified atom stereocenters. The third kappa shape index (κ3) is 1.27. The molecule has 0 aliphatic carbocycles. The molecule has 14 heavy (non-hydrogen) atoms. The van der Waals surface area contributed by atoms with Crippen LogP contribution in [0.4, 0.5) is 0 Å². The van der Waals surface area contributed by atoms with Gasteiger partial charge in [0.25, 0.3) is 0 Å². The fourth-order valence-electron chi connectivity index (χ4n) is 1.56. The minimum atomic E-state index is 0.761. The zero-order valence-electron chi connectivity index (χ0n) is 8.24. The maximum Gasteiger partial charge on any atom is 0.200 e. The summed E-state index contributed by atoms with van der Waals surface area (Å²) in [4.78, 5) is 7.20. The molecule has 2 rings (SSSR count). The van der Waals surface area contributed by atoms with Crippen LogP contribution in [0.25, 0.3) is 10.9 Å². The predicted octanol–water partition coefficient (Wildman–Crippen LogP) is 2.23. The Kier molecular flexibility index (Phi) is 2.23. The van der Waals surface area contributed by atoms with Crippen molar-refractivity contribution in [2.75, 3.05) is 14.2 Å². The topological polar surface area (TPSA) is 37.4 Å². The lowest BCUT2D eigenvalue weighted by Crippen LogP contribution is -1.87. The van der Waals surface area contributed by atoms with Crippen molar-refractivity contribution in [2.24, 2.45) is 4.99 Å². The number of H-pyrrole nitrogens is 1. The molecular weight excluding hydrogens is 176 g/mol. The molecule has 72 valence electrons. The third-order valence-electron chi connectivity index (χ3n) is 2.17. The van der Waals surface area contributed by atoms with Gasteiger partial charge in [0.2, 0.25) is 5.88 Å². The van der Waals surface area contributed by atoms with Gasteiger partial charge in [0.05, 0.1) is 12.7 Å². The minimum absolute atomic E-state index is 0.761. The van der Waals surface area contributed by atoms with Crippen LogP contribution in [0.1, 0.15) is 5.56 Å². The number of para-hydroxylation sites is 1. The molecule has 1 aromatic carbocycles. The summed E-state index contributed by atoms with van der Waals surface area (Å²) >= 11 is 0. The average Bonchev–Trinajstić information content (AvgIpc) is 2.58. The van der Waals surface area contributed by atoms with Crippen molar-refractivity contribution in [1.29, 1.82) is 0 Å². The monoisotopic (exact) mass is 188 g/mol. The van der Waals surface area contributed by atoms with Gasteiger partial charge in [-0.15, -0.1) is 0 Å². The molecule has 0 atom stereocenters. The molecule has 0 bridgehead atoms. The normalized spacial score (nSPS) is 11.3. The summed E-state index contributed by atoms with van der Waals surface area (Å²) < 4.78 is 5.24. The number of nitrogens with one attached hydrogen (secondary N) is 1. The molecular formula is C11H12N2O. The zero-order valence-corrected chi connectivity index (χ0v) is 8.24. The Hall–Kier alpha value is -1.77. The maximum atomic E-state index is 5.24. The first-order valence-electron chi connectivity index (χ1n) is 4.43. The molecule has 3 nitrogen and oxygen atoms in total. The molecule has 0 radical (unpaired) electrons. The van der Waals surface area contributed by atoms with Gasteiger partial charge in [-0.3, -0.25) is 4.99 Å². The molecule has 3 heteroatoms. The van der Waals surface area contributed by atoms with E-state index in [1.165, 1.54) is 0 Å². The molecule has 0 fully saturated rings. The Labute approximate surface area is 82.4 Å².